The predicted molar refractivity (Wildman–Crippen MR) is 69.5 cm³/mol. The largest absolute Gasteiger partial charge is 0.0836 e. The van der Waals surface area contributed by atoms with Gasteiger partial charge in [-0.05, 0) is 49.3 Å². The quantitative estimate of drug-likeness (QED) is 0.666. The second-order valence-corrected chi connectivity index (χ2v) is 5.78. The van der Waals surface area contributed by atoms with Crippen LogP contribution in [-0.4, -0.2) is 0 Å². The molecule has 1 aliphatic carbocycles. The summed E-state index contributed by atoms with van der Waals surface area (Å²) in [6.45, 7) is 4.38. The summed E-state index contributed by atoms with van der Waals surface area (Å²) in [5.74, 6) is 0.854. The summed E-state index contributed by atoms with van der Waals surface area (Å²) < 4.78 is 0. The van der Waals surface area contributed by atoms with Gasteiger partial charge < -0.3 is 0 Å². The highest BCUT2D eigenvalue weighted by Crippen LogP contribution is 2.41. The predicted octanol–water partition coefficient (Wildman–Crippen LogP) is 4.93. The Hall–Kier alpha value is -0.300. The number of alkyl halides is 1. The van der Waals surface area contributed by atoms with Crippen LogP contribution in [0.5, 0.6) is 0 Å². The van der Waals surface area contributed by atoms with E-state index in [2.05, 4.69) is 48.0 Å². The minimum atomic E-state index is 0.569. The lowest BCUT2D eigenvalue weighted by Gasteiger charge is -2.18. The zero-order valence-electron chi connectivity index (χ0n) is 9.59. The minimum absolute atomic E-state index is 0.569. The van der Waals surface area contributed by atoms with Crippen LogP contribution in [0.4, 0.5) is 0 Å². The van der Waals surface area contributed by atoms with Crippen LogP contribution < -0.4 is 0 Å². The molecule has 0 N–H and O–H groups in total. The lowest BCUT2D eigenvalue weighted by Crippen LogP contribution is -2.03. The molecule has 0 aliphatic heterocycles. The van der Waals surface area contributed by atoms with E-state index in [9.17, 15) is 0 Å². The van der Waals surface area contributed by atoms with Gasteiger partial charge in [-0.2, -0.15) is 0 Å². The first-order chi connectivity index (χ1) is 7.18. The molecule has 0 aromatic heterocycles. The number of hydrogen-bond donors (Lipinski definition) is 0. The van der Waals surface area contributed by atoms with E-state index in [1.54, 1.807) is 0 Å². The van der Waals surface area contributed by atoms with E-state index in [-0.39, 0.29) is 0 Å². The van der Waals surface area contributed by atoms with Crippen molar-refractivity contribution in [2.45, 2.75) is 44.4 Å². The van der Waals surface area contributed by atoms with Crippen molar-refractivity contribution in [2.75, 3.05) is 0 Å². The van der Waals surface area contributed by atoms with E-state index in [1.165, 1.54) is 42.4 Å². The molecule has 0 bridgehead atoms. The smallest absolute Gasteiger partial charge is 0.0423 e. The summed E-state index contributed by atoms with van der Waals surface area (Å²) in [5.41, 5.74) is 4.27. The van der Waals surface area contributed by atoms with Crippen LogP contribution in [-0.2, 0) is 0 Å². The summed E-state index contributed by atoms with van der Waals surface area (Å²) in [4.78, 5) is 0.569. The van der Waals surface area contributed by atoms with Crippen LogP contribution in [0.1, 0.15) is 47.2 Å². The Bertz CT molecular complexity index is 337. The SMILES string of the molecule is Cc1ccc(C(Br)C2CCCC2)cc1C. The van der Waals surface area contributed by atoms with Gasteiger partial charge in [-0.15, -0.1) is 0 Å². The van der Waals surface area contributed by atoms with Gasteiger partial charge in [0.05, 0.1) is 0 Å². The summed E-state index contributed by atoms with van der Waals surface area (Å²) >= 11 is 3.87. The third-order valence-electron chi connectivity index (χ3n) is 3.66. The Morgan fingerprint density at radius 2 is 1.80 bits per heavy atom. The molecule has 1 fully saturated rings. The highest BCUT2D eigenvalue weighted by molar-refractivity contribution is 9.09. The average Bonchev–Trinajstić information content (AvgIpc) is 2.74. The third kappa shape index (κ3) is 2.44. The maximum atomic E-state index is 3.87. The van der Waals surface area contributed by atoms with E-state index in [0.717, 1.165) is 5.92 Å². The van der Waals surface area contributed by atoms with Gasteiger partial charge in [0.1, 0.15) is 0 Å². The van der Waals surface area contributed by atoms with Crippen molar-refractivity contribution >= 4 is 15.9 Å². The average molecular weight is 267 g/mol. The molecule has 0 heterocycles. The molecule has 1 saturated carbocycles. The van der Waals surface area contributed by atoms with Crippen molar-refractivity contribution < 1.29 is 0 Å². The Morgan fingerprint density at radius 1 is 1.13 bits per heavy atom. The number of halogens is 1. The van der Waals surface area contributed by atoms with Crippen LogP contribution in [0, 0.1) is 19.8 Å². The van der Waals surface area contributed by atoms with Crippen molar-refractivity contribution in [2.24, 2.45) is 5.92 Å². The molecule has 0 nitrogen and oxygen atoms in total. The van der Waals surface area contributed by atoms with Crippen LogP contribution in [0.15, 0.2) is 18.2 Å². The molecule has 15 heavy (non-hydrogen) atoms. The standard InChI is InChI=1S/C14H19Br/c1-10-7-8-13(9-11(10)2)14(15)12-5-3-4-6-12/h7-9,12,14H,3-6H2,1-2H3. The molecule has 1 aliphatic rings. The highest BCUT2D eigenvalue weighted by atomic mass is 79.9. The zero-order valence-corrected chi connectivity index (χ0v) is 11.2. The molecule has 1 aromatic rings. The van der Waals surface area contributed by atoms with Gasteiger partial charge in [-0.3, -0.25) is 0 Å². The van der Waals surface area contributed by atoms with E-state index < -0.39 is 0 Å². The highest BCUT2D eigenvalue weighted by Gasteiger charge is 2.24. The Labute approximate surface area is 101 Å². The van der Waals surface area contributed by atoms with Gasteiger partial charge in [0.2, 0.25) is 0 Å². The first-order valence-electron chi connectivity index (χ1n) is 5.89. The fourth-order valence-electron chi connectivity index (χ4n) is 2.46. The molecular weight excluding hydrogens is 248 g/mol. The molecule has 1 atom stereocenters. The summed E-state index contributed by atoms with van der Waals surface area (Å²) in [5, 5.41) is 0. The van der Waals surface area contributed by atoms with Gasteiger partial charge in [0, 0.05) is 4.83 Å². The third-order valence-corrected chi connectivity index (χ3v) is 4.94. The van der Waals surface area contributed by atoms with Gasteiger partial charge in [-0.25, -0.2) is 0 Å². The van der Waals surface area contributed by atoms with Crippen molar-refractivity contribution in [3.05, 3.63) is 34.9 Å². The molecule has 2 rings (SSSR count). The number of aryl methyl sites for hydroxylation is 2. The van der Waals surface area contributed by atoms with Crippen molar-refractivity contribution in [3.8, 4) is 0 Å². The van der Waals surface area contributed by atoms with E-state index in [0.29, 0.717) is 4.83 Å². The monoisotopic (exact) mass is 266 g/mol. The van der Waals surface area contributed by atoms with E-state index in [1.807, 2.05) is 0 Å². The second kappa shape index (κ2) is 4.69. The van der Waals surface area contributed by atoms with Crippen molar-refractivity contribution in [3.63, 3.8) is 0 Å². The Kier molecular flexibility index (Phi) is 3.50. The lowest BCUT2D eigenvalue weighted by molar-refractivity contribution is 0.542. The second-order valence-electron chi connectivity index (χ2n) is 4.79. The summed E-state index contributed by atoms with van der Waals surface area (Å²) in [7, 11) is 0. The van der Waals surface area contributed by atoms with Crippen molar-refractivity contribution in [1.82, 2.24) is 0 Å². The lowest BCUT2D eigenvalue weighted by atomic mass is 9.95. The van der Waals surface area contributed by atoms with E-state index in [4.69, 9.17) is 0 Å². The molecule has 0 amide bonds. The summed E-state index contributed by atoms with van der Waals surface area (Å²) in [6.07, 6.45) is 5.61. The van der Waals surface area contributed by atoms with Gasteiger partial charge >= 0.3 is 0 Å². The molecule has 82 valence electrons. The first-order valence-corrected chi connectivity index (χ1v) is 6.81. The van der Waals surface area contributed by atoms with Crippen LogP contribution >= 0.6 is 15.9 Å². The fourth-order valence-corrected chi connectivity index (χ4v) is 3.27. The topological polar surface area (TPSA) is 0 Å². The van der Waals surface area contributed by atoms with Gasteiger partial charge in [-0.1, -0.05) is 47.0 Å². The van der Waals surface area contributed by atoms with Crippen LogP contribution in [0.25, 0.3) is 0 Å². The van der Waals surface area contributed by atoms with Crippen LogP contribution in [0.2, 0.25) is 0 Å². The Balaban J connectivity index is 2.17. The minimum Gasteiger partial charge on any atom is -0.0836 e. The van der Waals surface area contributed by atoms with Gasteiger partial charge in [0.25, 0.3) is 0 Å². The molecule has 0 radical (unpaired) electrons. The van der Waals surface area contributed by atoms with Gasteiger partial charge in [0.15, 0.2) is 0 Å². The van der Waals surface area contributed by atoms with Crippen LogP contribution in [0.3, 0.4) is 0 Å². The maximum Gasteiger partial charge on any atom is 0.0423 e. The molecule has 1 heteroatoms. The van der Waals surface area contributed by atoms with E-state index >= 15 is 0 Å². The maximum absolute atomic E-state index is 3.87. The summed E-state index contributed by atoms with van der Waals surface area (Å²) in [6, 6.07) is 6.86. The molecule has 1 aromatic carbocycles. The fraction of sp³-hybridized carbons (Fsp3) is 0.571. The molecule has 1 unspecified atom stereocenters. The Morgan fingerprint density at radius 3 is 2.40 bits per heavy atom. The zero-order chi connectivity index (χ0) is 10.8. The number of hydrogen-bond acceptors (Lipinski definition) is 0. The first kappa shape index (κ1) is 11.2. The molecule has 0 saturated heterocycles. The van der Waals surface area contributed by atoms with Crippen molar-refractivity contribution in [1.29, 1.82) is 0 Å². The number of rotatable bonds is 2. The number of benzene rings is 1. The normalized spacial score (nSPS) is 19.4. The molecule has 0 spiro atoms. The molecular formula is C14H19Br.